The smallest absolute Gasteiger partial charge is 0.220 e. The molecule has 0 spiro atoms. The van der Waals surface area contributed by atoms with E-state index in [-0.39, 0.29) is 23.7 Å². The molecule has 4 N–H and O–H groups in total. The molecule has 4 heteroatoms. The van der Waals surface area contributed by atoms with E-state index in [0.29, 0.717) is 23.7 Å². The van der Waals surface area contributed by atoms with Crippen LogP contribution in [0.15, 0.2) is 0 Å². The number of hydrogen-bond donors (Lipinski definition) is 2. The van der Waals surface area contributed by atoms with Crippen LogP contribution in [0.4, 0.5) is 0 Å². The summed E-state index contributed by atoms with van der Waals surface area (Å²) in [7, 11) is 0. The number of nitrogens with two attached hydrogens (primary N) is 2. The molecule has 0 aromatic heterocycles. The summed E-state index contributed by atoms with van der Waals surface area (Å²) in [5.41, 5.74) is 11.8. The van der Waals surface area contributed by atoms with Crippen LogP contribution in [0.5, 0.6) is 0 Å². The van der Waals surface area contributed by atoms with E-state index in [9.17, 15) is 9.59 Å². The number of rotatable bonds is 13. The van der Waals surface area contributed by atoms with Crippen LogP contribution in [0, 0.1) is 22.7 Å². The standard InChI is InChI=1S/C22H44N2O2/c1-21(2,3)15-9-7-11-17(19(23)25)13-14-18(20(24)26)12-8-10-16-22(4,5)6/h17-18H,7-16H2,1-6H3,(H2,23,25)(H2,24,26). The molecule has 0 aromatic carbocycles. The molecule has 0 fully saturated rings. The lowest BCUT2D eigenvalue weighted by Gasteiger charge is -2.21. The summed E-state index contributed by atoms with van der Waals surface area (Å²) >= 11 is 0. The second-order valence-electron chi connectivity index (χ2n) is 10.4. The van der Waals surface area contributed by atoms with Gasteiger partial charge < -0.3 is 11.5 Å². The van der Waals surface area contributed by atoms with Crippen LogP contribution in [-0.4, -0.2) is 11.8 Å². The molecule has 0 heterocycles. The zero-order valence-corrected chi connectivity index (χ0v) is 18.2. The number of carbonyl (C=O) groups excluding carboxylic acids is 2. The summed E-state index contributed by atoms with van der Waals surface area (Å²) in [4.78, 5) is 23.5. The average molecular weight is 369 g/mol. The first-order valence-electron chi connectivity index (χ1n) is 10.4. The van der Waals surface area contributed by atoms with Gasteiger partial charge in [-0.25, -0.2) is 0 Å². The molecular weight excluding hydrogens is 324 g/mol. The molecule has 0 aliphatic carbocycles. The van der Waals surface area contributed by atoms with Gasteiger partial charge in [-0.1, -0.05) is 67.2 Å². The van der Waals surface area contributed by atoms with Gasteiger partial charge in [0, 0.05) is 11.8 Å². The van der Waals surface area contributed by atoms with Crippen molar-refractivity contribution in [2.45, 2.75) is 106 Å². The van der Waals surface area contributed by atoms with E-state index in [0.717, 1.165) is 51.4 Å². The topological polar surface area (TPSA) is 86.2 Å². The molecule has 0 saturated heterocycles. The Bertz CT molecular complexity index is 379. The van der Waals surface area contributed by atoms with Crippen molar-refractivity contribution in [2.24, 2.45) is 34.1 Å². The van der Waals surface area contributed by atoms with Crippen LogP contribution < -0.4 is 11.5 Å². The van der Waals surface area contributed by atoms with Crippen LogP contribution in [0.1, 0.15) is 106 Å². The van der Waals surface area contributed by atoms with Crippen molar-refractivity contribution < 1.29 is 9.59 Å². The Kier molecular flexibility index (Phi) is 11.1. The molecule has 2 atom stereocenters. The van der Waals surface area contributed by atoms with Crippen LogP contribution in [0.3, 0.4) is 0 Å². The molecule has 154 valence electrons. The SMILES string of the molecule is CC(C)(C)CCCCC(CCC(CCCCC(C)(C)C)C(N)=O)C(N)=O. The van der Waals surface area contributed by atoms with Gasteiger partial charge in [-0.2, -0.15) is 0 Å². The van der Waals surface area contributed by atoms with Crippen LogP contribution in [0.25, 0.3) is 0 Å². The second-order valence-corrected chi connectivity index (χ2v) is 10.4. The number of unbranched alkanes of at least 4 members (excludes halogenated alkanes) is 2. The normalized spacial score (nSPS) is 14.8. The van der Waals surface area contributed by atoms with Crippen molar-refractivity contribution in [3.8, 4) is 0 Å². The van der Waals surface area contributed by atoms with Crippen molar-refractivity contribution in [1.82, 2.24) is 0 Å². The summed E-state index contributed by atoms with van der Waals surface area (Å²) in [6.45, 7) is 13.4. The van der Waals surface area contributed by atoms with Crippen LogP contribution >= 0.6 is 0 Å². The molecule has 0 aliphatic rings. The van der Waals surface area contributed by atoms with Gasteiger partial charge in [0.25, 0.3) is 0 Å². The van der Waals surface area contributed by atoms with Gasteiger partial charge in [0.15, 0.2) is 0 Å². The van der Waals surface area contributed by atoms with E-state index in [1.54, 1.807) is 0 Å². The minimum Gasteiger partial charge on any atom is -0.369 e. The highest BCUT2D eigenvalue weighted by atomic mass is 16.1. The number of hydrogen-bond acceptors (Lipinski definition) is 2. The van der Waals surface area contributed by atoms with Crippen molar-refractivity contribution in [3.63, 3.8) is 0 Å². The molecule has 26 heavy (non-hydrogen) atoms. The van der Waals surface area contributed by atoms with Crippen molar-refractivity contribution >= 4 is 11.8 Å². The predicted octanol–water partition coefficient (Wildman–Crippen LogP) is 5.18. The van der Waals surface area contributed by atoms with Crippen LogP contribution in [-0.2, 0) is 9.59 Å². The fourth-order valence-corrected chi connectivity index (χ4v) is 3.35. The Hall–Kier alpha value is -1.06. The summed E-state index contributed by atoms with van der Waals surface area (Å²) in [5.74, 6) is -0.744. The van der Waals surface area contributed by atoms with E-state index in [4.69, 9.17) is 11.5 Å². The minimum absolute atomic E-state index is 0.133. The summed E-state index contributed by atoms with van der Waals surface area (Å²) < 4.78 is 0. The minimum atomic E-state index is -0.239. The molecule has 0 aliphatic heterocycles. The molecule has 0 saturated carbocycles. The third-order valence-electron chi connectivity index (χ3n) is 5.13. The Morgan fingerprint density at radius 3 is 1.15 bits per heavy atom. The van der Waals surface area contributed by atoms with Gasteiger partial charge >= 0.3 is 0 Å². The summed E-state index contributed by atoms with van der Waals surface area (Å²) in [6.07, 6.45) is 9.54. The van der Waals surface area contributed by atoms with Crippen molar-refractivity contribution in [2.75, 3.05) is 0 Å². The number of amides is 2. The van der Waals surface area contributed by atoms with Gasteiger partial charge in [0.05, 0.1) is 0 Å². The zero-order chi connectivity index (χ0) is 20.4. The highest BCUT2D eigenvalue weighted by Crippen LogP contribution is 2.27. The van der Waals surface area contributed by atoms with Crippen LogP contribution in [0.2, 0.25) is 0 Å². The average Bonchev–Trinajstić information content (AvgIpc) is 2.45. The van der Waals surface area contributed by atoms with Gasteiger partial charge in [-0.05, 0) is 49.4 Å². The Morgan fingerprint density at radius 1 is 0.615 bits per heavy atom. The van der Waals surface area contributed by atoms with E-state index >= 15 is 0 Å². The second kappa shape index (κ2) is 11.6. The van der Waals surface area contributed by atoms with Gasteiger partial charge in [0.2, 0.25) is 11.8 Å². The third-order valence-corrected chi connectivity index (χ3v) is 5.13. The fourth-order valence-electron chi connectivity index (χ4n) is 3.35. The Balaban J connectivity index is 4.30. The molecule has 0 aromatic rings. The lowest BCUT2D eigenvalue weighted by atomic mass is 9.85. The van der Waals surface area contributed by atoms with Crippen molar-refractivity contribution in [1.29, 1.82) is 0 Å². The maximum Gasteiger partial charge on any atom is 0.220 e. The zero-order valence-electron chi connectivity index (χ0n) is 18.2. The fraction of sp³-hybridized carbons (Fsp3) is 0.909. The quantitative estimate of drug-likeness (QED) is 0.439. The summed E-state index contributed by atoms with van der Waals surface area (Å²) in [5, 5.41) is 0. The van der Waals surface area contributed by atoms with Gasteiger partial charge in [-0.15, -0.1) is 0 Å². The largest absolute Gasteiger partial charge is 0.369 e. The molecule has 4 nitrogen and oxygen atoms in total. The van der Waals surface area contributed by atoms with E-state index in [1.165, 1.54) is 0 Å². The predicted molar refractivity (Wildman–Crippen MR) is 110 cm³/mol. The Labute approximate surface area is 161 Å². The van der Waals surface area contributed by atoms with Gasteiger partial charge in [-0.3, -0.25) is 9.59 Å². The lowest BCUT2D eigenvalue weighted by Crippen LogP contribution is -2.27. The molecule has 0 rings (SSSR count). The van der Waals surface area contributed by atoms with E-state index in [1.807, 2.05) is 0 Å². The third kappa shape index (κ3) is 14.1. The monoisotopic (exact) mass is 368 g/mol. The first-order chi connectivity index (χ1) is 11.8. The molecule has 2 unspecified atom stereocenters. The van der Waals surface area contributed by atoms with E-state index in [2.05, 4.69) is 41.5 Å². The summed E-state index contributed by atoms with van der Waals surface area (Å²) in [6, 6.07) is 0. The van der Waals surface area contributed by atoms with E-state index < -0.39 is 0 Å². The molecule has 2 amide bonds. The maximum absolute atomic E-state index is 11.7. The molecule has 0 radical (unpaired) electrons. The highest BCUT2D eigenvalue weighted by molar-refractivity contribution is 5.78. The van der Waals surface area contributed by atoms with Crippen molar-refractivity contribution in [3.05, 3.63) is 0 Å². The number of primary amides is 2. The maximum atomic E-state index is 11.7. The first kappa shape index (κ1) is 24.9. The first-order valence-corrected chi connectivity index (χ1v) is 10.4. The molecule has 0 bridgehead atoms. The highest BCUT2D eigenvalue weighted by Gasteiger charge is 2.21. The lowest BCUT2D eigenvalue weighted by molar-refractivity contribution is -0.124. The van der Waals surface area contributed by atoms with Gasteiger partial charge in [0.1, 0.15) is 0 Å². The Morgan fingerprint density at radius 2 is 0.923 bits per heavy atom. The molecular formula is C22H44N2O2. The number of carbonyl (C=O) groups is 2.